The van der Waals surface area contributed by atoms with Gasteiger partial charge in [-0.1, -0.05) is 11.3 Å². The number of hydrogen-bond donors (Lipinski definition) is 2. The highest BCUT2D eigenvalue weighted by molar-refractivity contribution is 7.97. The Labute approximate surface area is 146 Å². The van der Waals surface area contributed by atoms with Crippen LogP contribution in [0, 0.1) is 10.1 Å². The molecule has 9 heteroatoms. The van der Waals surface area contributed by atoms with Crippen LogP contribution in [0.2, 0.25) is 0 Å². The molecule has 1 aliphatic rings. The summed E-state index contributed by atoms with van der Waals surface area (Å²) in [6.07, 6.45) is 0.693. The van der Waals surface area contributed by atoms with Crippen LogP contribution >= 0.6 is 23.3 Å². The van der Waals surface area contributed by atoms with Gasteiger partial charge >= 0.3 is 11.0 Å². The van der Waals surface area contributed by atoms with Gasteiger partial charge in [0.05, 0.1) is 11.5 Å². The second-order valence-corrected chi connectivity index (χ2v) is 7.16. The molecule has 1 fully saturated rings. The van der Waals surface area contributed by atoms with Crippen LogP contribution in [0.3, 0.4) is 0 Å². The number of hydrogen-bond acceptors (Lipinski definition) is 8. The SMILES string of the molecule is O=C1OCCC1NSc1ccc(NCc2ccc([N+](=O)[O-])s2)cc1. The highest BCUT2D eigenvalue weighted by Crippen LogP contribution is 2.25. The molecule has 1 unspecified atom stereocenters. The van der Waals surface area contributed by atoms with Gasteiger partial charge in [0.2, 0.25) is 0 Å². The fourth-order valence-corrected chi connectivity index (χ4v) is 3.66. The summed E-state index contributed by atoms with van der Waals surface area (Å²) < 4.78 is 8.00. The van der Waals surface area contributed by atoms with Crippen LogP contribution in [0.1, 0.15) is 11.3 Å². The summed E-state index contributed by atoms with van der Waals surface area (Å²) in [7, 11) is 0. The number of anilines is 1. The minimum Gasteiger partial charge on any atom is -0.464 e. The third kappa shape index (κ3) is 4.25. The summed E-state index contributed by atoms with van der Waals surface area (Å²) >= 11 is 2.57. The van der Waals surface area contributed by atoms with Crippen molar-refractivity contribution >= 4 is 39.9 Å². The summed E-state index contributed by atoms with van der Waals surface area (Å²) in [6.45, 7) is 1.01. The fourth-order valence-electron chi connectivity index (χ4n) is 2.13. The first-order valence-electron chi connectivity index (χ1n) is 7.28. The van der Waals surface area contributed by atoms with E-state index in [9.17, 15) is 14.9 Å². The number of nitrogens with zero attached hydrogens (tertiary/aromatic N) is 1. The van der Waals surface area contributed by atoms with Crippen molar-refractivity contribution in [1.29, 1.82) is 0 Å². The summed E-state index contributed by atoms with van der Waals surface area (Å²) in [6, 6.07) is 10.8. The lowest BCUT2D eigenvalue weighted by Crippen LogP contribution is -2.27. The molecule has 126 valence electrons. The first-order chi connectivity index (χ1) is 11.6. The second-order valence-electron chi connectivity index (χ2n) is 5.10. The van der Waals surface area contributed by atoms with Gasteiger partial charge in [0.15, 0.2) is 0 Å². The number of cyclic esters (lactones) is 1. The molecule has 1 saturated heterocycles. The van der Waals surface area contributed by atoms with E-state index >= 15 is 0 Å². The van der Waals surface area contributed by atoms with E-state index < -0.39 is 0 Å². The molecule has 3 rings (SSSR count). The van der Waals surface area contributed by atoms with Gasteiger partial charge in [-0.05, 0) is 42.3 Å². The molecule has 7 nitrogen and oxygen atoms in total. The Hall–Kier alpha value is -2.10. The molecule has 1 atom stereocenters. The standard InChI is InChI=1S/C15H15N3O4S2/c19-15-13(7-8-22-15)17-24-11-3-1-10(2-4-11)16-9-12-5-6-14(23-12)18(20)21/h1-6,13,16-17H,7-9H2. The number of thiophene rings is 1. The number of esters is 1. The Morgan fingerprint density at radius 3 is 2.71 bits per heavy atom. The maximum Gasteiger partial charge on any atom is 0.324 e. The average Bonchev–Trinajstić information content (AvgIpc) is 3.21. The molecule has 0 saturated carbocycles. The van der Waals surface area contributed by atoms with E-state index in [4.69, 9.17) is 4.74 Å². The third-order valence-electron chi connectivity index (χ3n) is 3.40. The highest BCUT2D eigenvalue weighted by atomic mass is 32.2. The second kappa shape index (κ2) is 7.65. The van der Waals surface area contributed by atoms with Crippen molar-refractivity contribution in [1.82, 2.24) is 4.72 Å². The van der Waals surface area contributed by atoms with Crippen LogP contribution in [0.5, 0.6) is 0 Å². The molecule has 2 heterocycles. The molecule has 0 aliphatic carbocycles. The lowest BCUT2D eigenvalue weighted by molar-refractivity contribution is -0.380. The van der Waals surface area contributed by atoms with Crippen molar-refractivity contribution in [2.75, 3.05) is 11.9 Å². The molecular formula is C15H15N3O4S2. The Morgan fingerprint density at radius 2 is 2.08 bits per heavy atom. The normalized spacial score (nSPS) is 16.8. The first kappa shape index (κ1) is 16.7. The van der Waals surface area contributed by atoms with Crippen LogP contribution in [-0.2, 0) is 16.1 Å². The van der Waals surface area contributed by atoms with Gasteiger partial charge < -0.3 is 10.1 Å². The molecule has 2 N–H and O–H groups in total. The molecule has 1 aliphatic heterocycles. The van der Waals surface area contributed by atoms with Crippen molar-refractivity contribution in [2.24, 2.45) is 0 Å². The number of nitro groups is 1. The Morgan fingerprint density at radius 1 is 1.29 bits per heavy atom. The zero-order chi connectivity index (χ0) is 16.9. The smallest absolute Gasteiger partial charge is 0.324 e. The summed E-state index contributed by atoms with van der Waals surface area (Å²) in [5.41, 5.74) is 0.927. The van der Waals surface area contributed by atoms with E-state index in [1.807, 2.05) is 24.3 Å². The zero-order valence-electron chi connectivity index (χ0n) is 12.6. The lowest BCUT2D eigenvalue weighted by Gasteiger charge is -2.09. The third-order valence-corrected chi connectivity index (χ3v) is 5.35. The Balaban J connectivity index is 1.48. The summed E-state index contributed by atoms with van der Waals surface area (Å²) in [4.78, 5) is 23.5. The molecule has 24 heavy (non-hydrogen) atoms. The molecule has 1 aromatic carbocycles. The number of carbonyl (C=O) groups is 1. The van der Waals surface area contributed by atoms with E-state index in [-0.39, 0.29) is 21.9 Å². The predicted molar refractivity (Wildman–Crippen MR) is 93.1 cm³/mol. The van der Waals surface area contributed by atoms with Gasteiger partial charge in [-0.2, -0.15) is 0 Å². The van der Waals surface area contributed by atoms with Gasteiger partial charge in [0, 0.05) is 34.5 Å². The van der Waals surface area contributed by atoms with Gasteiger partial charge in [0.1, 0.15) is 6.04 Å². The van der Waals surface area contributed by atoms with Gasteiger partial charge in [-0.3, -0.25) is 14.9 Å². The van der Waals surface area contributed by atoms with E-state index in [2.05, 4.69) is 10.0 Å². The zero-order valence-corrected chi connectivity index (χ0v) is 14.2. The van der Waals surface area contributed by atoms with Crippen LogP contribution in [0.15, 0.2) is 41.3 Å². The molecule has 0 bridgehead atoms. The largest absolute Gasteiger partial charge is 0.464 e. The van der Waals surface area contributed by atoms with Gasteiger partial charge in [-0.25, -0.2) is 4.72 Å². The molecule has 0 radical (unpaired) electrons. The van der Waals surface area contributed by atoms with Gasteiger partial charge in [-0.15, -0.1) is 0 Å². The fraction of sp³-hybridized carbons (Fsp3) is 0.267. The van der Waals surface area contributed by atoms with Crippen molar-refractivity contribution in [3.8, 4) is 0 Å². The van der Waals surface area contributed by atoms with E-state index in [0.717, 1.165) is 15.5 Å². The van der Waals surface area contributed by atoms with Crippen LogP contribution in [0.25, 0.3) is 0 Å². The predicted octanol–water partition coefficient (Wildman–Crippen LogP) is 3.18. The molecule has 0 amide bonds. The molecule has 1 aromatic heterocycles. The first-order valence-corrected chi connectivity index (χ1v) is 8.91. The van der Waals surface area contributed by atoms with Crippen molar-refractivity contribution < 1.29 is 14.5 Å². The van der Waals surface area contributed by atoms with Crippen molar-refractivity contribution in [3.05, 3.63) is 51.4 Å². The number of carbonyl (C=O) groups excluding carboxylic acids is 1. The Bertz CT molecular complexity index is 733. The van der Waals surface area contributed by atoms with E-state index in [1.165, 1.54) is 29.4 Å². The van der Waals surface area contributed by atoms with Gasteiger partial charge in [0.25, 0.3) is 0 Å². The average molecular weight is 365 g/mol. The topological polar surface area (TPSA) is 93.5 Å². The number of rotatable bonds is 7. The highest BCUT2D eigenvalue weighted by Gasteiger charge is 2.26. The van der Waals surface area contributed by atoms with Crippen LogP contribution in [-0.4, -0.2) is 23.5 Å². The van der Waals surface area contributed by atoms with Crippen molar-refractivity contribution in [2.45, 2.75) is 23.9 Å². The molecular weight excluding hydrogens is 350 g/mol. The molecule has 2 aromatic rings. The molecule has 0 spiro atoms. The Kier molecular flexibility index (Phi) is 5.34. The summed E-state index contributed by atoms with van der Waals surface area (Å²) in [5, 5.41) is 14.0. The quantitative estimate of drug-likeness (QED) is 0.337. The van der Waals surface area contributed by atoms with Crippen molar-refractivity contribution in [3.63, 3.8) is 0 Å². The summed E-state index contributed by atoms with van der Waals surface area (Å²) in [5.74, 6) is -0.203. The number of ether oxygens (including phenoxy) is 1. The van der Waals surface area contributed by atoms with Crippen LogP contribution < -0.4 is 10.0 Å². The number of benzene rings is 1. The maximum absolute atomic E-state index is 11.4. The minimum absolute atomic E-state index is 0.148. The van der Waals surface area contributed by atoms with E-state index in [0.29, 0.717) is 19.6 Å². The van der Waals surface area contributed by atoms with E-state index in [1.54, 1.807) is 6.07 Å². The lowest BCUT2D eigenvalue weighted by atomic mass is 10.3. The maximum atomic E-state index is 11.4. The monoisotopic (exact) mass is 365 g/mol. The number of nitrogens with one attached hydrogen (secondary N) is 2. The van der Waals surface area contributed by atoms with Crippen LogP contribution in [0.4, 0.5) is 10.7 Å². The minimum atomic E-state index is -0.382.